The molecule has 1 amide bonds. The van der Waals surface area contributed by atoms with Gasteiger partial charge in [0.15, 0.2) is 6.17 Å². The van der Waals surface area contributed by atoms with Gasteiger partial charge in [-0.25, -0.2) is 0 Å². The number of nitrogens with zero attached hydrogens (tertiary/aromatic N) is 1. The Balaban J connectivity index is 4.81. The molecule has 94 valence electrons. The standard InChI is InChI=1S/C13H26N2O/c1-7-12(14-13(16)11(5)6)15(8-2,9-3)10-4/h12H,5,7-10H2,1-4,6H3/p+1. The van der Waals surface area contributed by atoms with E-state index in [1.807, 2.05) is 0 Å². The SMILES string of the molecule is C=C(C)C(=O)NC(CC)[N+](CC)(CC)CC. The Morgan fingerprint density at radius 3 is 1.88 bits per heavy atom. The first-order valence-corrected chi connectivity index (χ1v) is 6.29. The van der Waals surface area contributed by atoms with Gasteiger partial charge in [0.05, 0.1) is 19.6 Å². The lowest BCUT2D eigenvalue weighted by Gasteiger charge is -2.42. The Labute approximate surface area is 100 Å². The Morgan fingerprint density at radius 2 is 1.62 bits per heavy atom. The summed E-state index contributed by atoms with van der Waals surface area (Å²) in [6.07, 6.45) is 1.15. The zero-order valence-electron chi connectivity index (χ0n) is 11.5. The van der Waals surface area contributed by atoms with Crippen molar-refractivity contribution >= 4 is 5.91 Å². The summed E-state index contributed by atoms with van der Waals surface area (Å²) in [6.45, 7) is 17.2. The van der Waals surface area contributed by atoms with Crippen LogP contribution in [0.1, 0.15) is 41.0 Å². The molecule has 0 aromatic rings. The molecule has 0 aliphatic rings. The van der Waals surface area contributed by atoms with E-state index in [4.69, 9.17) is 0 Å². The third-order valence-electron chi connectivity index (χ3n) is 3.62. The van der Waals surface area contributed by atoms with Gasteiger partial charge in [0.2, 0.25) is 0 Å². The molecule has 0 bridgehead atoms. The maximum absolute atomic E-state index is 11.7. The molecule has 0 aliphatic carbocycles. The predicted molar refractivity (Wildman–Crippen MR) is 68.9 cm³/mol. The van der Waals surface area contributed by atoms with Crippen LogP contribution in [0, 0.1) is 0 Å². The number of rotatable bonds is 7. The van der Waals surface area contributed by atoms with Crippen molar-refractivity contribution in [1.82, 2.24) is 5.32 Å². The van der Waals surface area contributed by atoms with Crippen molar-refractivity contribution in [3.05, 3.63) is 12.2 Å². The number of amides is 1. The summed E-state index contributed by atoms with van der Waals surface area (Å²) < 4.78 is 0.940. The summed E-state index contributed by atoms with van der Waals surface area (Å²) >= 11 is 0. The number of nitrogens with one attached hydrogen (secondary N) is 1. The van der Waals surface area contributed by atoms with E-state index in [1.54, 1.807) is 6.92 Å². The summed E-state index contributed by atoms with van der Waals surface area (Å²) in [5.74, 6) is -0.0234. The summed E-state index contributed by atoms with van der Waals surface area (Å²) in [5, 5.41) is 3.09. The quantitative estimate of drug-likeness (QED) is 0.403. The molecule has 0 spiro atoms. The van der Waals surface area contributed by atoms with Crippen LogP contribution in [0.2, 0.25) is 0 Å². The number of carbonyl (C=O) groups excluding carboxylic acids is 1. The van der Waals surface area contributed by atoms with Crippen LogP contribution in [0.4, 0.5) is 0 Å². The maximum atomic E-state index is 11.7. The van der Waals surface area contributed by atoms with Gasteiger partial charge in [0.1, 0.15) is 0 Å². The van der Waals surface area contributed by atoms with Gasteiger partial charge in [-0.15, -0.1) is 0 Å². The Morgan fingerprint density at radius 1 is 1.19 bits per heavy atom. The fourth-order valence-corrected chi connectivity index (χ4v) is 2.23. The molecule has 1 atom stereocenters. The fourth-order valence-electron chi connectivity index (χ4n) is 2.23. The third-order valence-corrected chi connectivity index (χ3v) is 3.62. The smallest absolute Gasteiger partial charge is 0.250 e. The minimum Gasteiger partial charge on any atom is -0.305 e. The molecule has 0 saturated heterocycles. The molecule has 0 fully saturated rings. The molecule has 16 heavy (non-hydrogen) atoms. The predicted octanol–water partition coefficient (Wildman–Crippen LogP) is 2.29. The average molecular weight is 227 g/mol. The highest BCUT2D eigenvalue weighted by Gasteiger charge is 2.32. The molecule has 3 heteroatoms. The van der Waals surface area contributed by atoms with Gasteiger partial charge >= 0.3 is 0 Å². The second-order valence-corrected chi connectivity index (χ2v) is 4.35. The molecule has 0 saturated carbocycles. The van der Waals surface area contributed by atoms with Crippen LogP contribution in [0.15, 0.2) is 12.2 Å². The van der Waals surface area contributed by atoms with Gasteiger partial charge < -0.3 is 9.80 Å². The van der Waals surface area contributed by atoms with E-state index in [9.17, 15) is 4.79 Å². The van der Waals surface area contributed by atoms with Crippen LogP contribution in [0.25, 0.3) is 0 Å². The van der Waals surface area contributed by atoms with Gasteiger partial charge in [0, 0.05) is 12.0 Å². The molecular weight excluding hydrogens is 200 g/mol. The number of carbonyl (C=O) groups is 1. The average Bonchev–Trinajstić information content (AvgIpc) is 2.29. The molecule has 0 heterocycles. The van der Waals surface area contributed by atoms with E-state index in [0.717, 1.165) is 30.5 Å². The largest absolute Gasteiger partial charge is 0.305 e. The lowest BCUT2D eigenvalue weighted by Crippen LogP contribution is -2.61. The van der Waals surface area contributed by atoms with Crippen molar-refractivity contribution in [3.8, 4) is 0 Å². The monoisotopic (exact) mass is 227 g/mol. The molecule has 1 unspecified atom stereocenters. The summed E-state index contributed by atoms with van der Waals surface area (Å²) in [7, 11) is 0. The summed E-state index contributed by atoms with van der Waals surface area (Å²) in [6, 6.07) is 0. The first-order valence-electron chi connectivity index (χ1n) is 6.29. The minimum atomic E-state index is -0.0234. The molecule has 0 rings (SSSR count). The van der Waals surface area contributed by atoms with Crippen molar-refractivity contribution in [2.75, 3.05) is 19.6 Å². The highest BCUT2D eigenvalue weighted by atomic mass is 16.2. The Bertz CT molecular complexity index is 236. The molecule has 0 aromatic carbocycles. The second-order valence-electron chi connectivity index (χ2n) is 4.35. The van der Waals surface area contributed by atoms with Gasteiger partial charge in [-0.1, -0.05) is 13.5 Å². The van der Waals surface area contributed by atoms with Crippen LogP contribution < -0.4 is 5.32 Å². The number of hydrogen-bond donors (Lipinski definition) is 1. The number of hydrogen-bond acceptors (Lipinski definition) is 1. The molecule has 0 radical (unpaired) electrons. The number of quaternary nitrogens is 1. The zero-order chi connectivity index (χ0) is 12.8. The first kappa shape index (κ1) is 15.2. The maximum Gasteiger partial charge on any atom is 0.250 e. The van der Waals surface area contributed by atoms with Crippen LogP contribution in [-0.2, 0) is 4.79 Å². The lowest BCUT2D eigenvalue weighted by molar-refractivity contribution is -0.948. The van der Waals surface area contributed by atoms with Crippen LogP contribution in [0.5, 0.6) is 0 Å². The third kappa shape index (κ3) is 3.34. The topological polar surface area (TPSA) is 29.1 Å². The highest BCUT2D eigenvalue weighted by Crippen LogP contribution is 2.14. The minimum absolute atomic E-state index is 0.0234. The van der Waals surface area contributed by atoms with Crippen molar-refractivity contribution in [2.24, 2.45) is 0 Å². The van der Waals surface area contributed by atoms with Crippen LogP contribution in [0.3, 0.4) is 0 Å². The van der Waals surface area contributed by atoms with Gasteiger partial charge in [-0.2, -0.15) is 0 Å². The van der Waals surface area contributed by atoms with Crippen molar-refractivity contribution < 1.29 is 9.28 Å². The van der Waals surface area contributed by atoms with Gasteiger partial charge in [-0.05, 0) is 27.7 Å². The molecule has 1 N–H and O–H groups in total. The summed E-state index contributed by atoms with van der Waals surface area (Å²) in [5.41, 5.74) is 0.583. The van der Waals surface area contributed by atoms with E-state index in [1.165, 1.54) is 0 Å². The molecule has 0 aliphatic heterocycles. The van der Waals surface area contributed by atoms with E-state index in [0.29, 0.717) is 5.57 Å². The molecular formula is C13H27N2O+. The van der Waals surface area contributed by atoms with E-state index >= 15 is 0 Å². The highest BCUT2D eigenvalue weighted by molar-refractivity contribution is 5.92. The van der Waals surface area contributed by atoms with E-state index < -0.39 is 0 Å². The molecule has 3 nitrogen and oxygen atoms in total. The normalized spacial score (nSPS) is 13.3. The second kappa shape index (κ2) is 6.69. The van der Waals surface area contributed by atoms with Crippen molar-refractivity contribution in [3.63, 3.8) is 0 Å². The first-order chi connectivity index (χ1) is 7.47. The lowest BCUT2D eigenvalue weighted by atomic mass is 10.2. The van der Waals surface area contributed by atoms with Crippen molar-refractivity contribution in [1.29, 1.82) is 0 Å². The Hall–Kier alpha value is -0.830. The van der Waals surface area contributed by atoms with E-state index in [2.05, 4.69) is 39.6 Å². The zero-order valence-corrected chi connectivity index (χ0v) is 11.5. The van der Waals surface area contributed by atoms with Crippen LogP contribution >= 0.6 is 0 Å². The van der Waals surface area contributed by atoms with Gasteiger partial charge in [0.25, 0.3) is 5.91 Å². The Kier molecular flexibility index (Phi) is 6.34. The molecule has 0 aromatic heterocycles. The summed E-state index contributed by atoms with van der Waals surface area (Å²) in [4.78, 5) is 11.7. The van der Waals surface area contributed by atoms with Crippen molar-refractivity contribution in [2.45, 2.75) is 47.2 Å². The van der Waals surface area contributed by atoms with Gasteiger partial charge in [-0.3, -0.25) is 4.79 Å². The van der Waals surface area contributed by atoms with Crippen LogP contribution in [-0.4, -0.2) is 36.2 Å². The van der Waals surface area contributed by atoms with E-state index in [-0.39, 0.29) is 12.1 Å². The fraction of sp³-hybridized carbons (Fsp3) is 0.769.